The van der Waals surface area contributed by atoms with Gasteiger partial charge in [-0.1, -0.05) is 13.8 Å². The van der Waals surface area contributed by atoms with Crippen LogP contribution in [-0.4, -0.2) is 11.1 Å². The zero-order valence-corrected chi connectivity index (χ0v) is 9.19. The van der Waals surface area contributed by atoms with Gasteiger partial charge in [0.15, 0.2) is 5.12 Å². The van der Waals surface area contributed by atoms with Gasteiger partial charge in [-0.05, 0) is 0 Å². The van der Waals surface area contributed by atoms with Gasteiger partial charge >= 0.3 is 12.7 Å². The first-order valence-corrected chi connectivity index (χ1v) is 6.86. The van der Waals surface area contributed by atoms with Gasteiger partial charge in [-0.25, -0.2) is 10.1 Å². The second-order valence-corrected chi connectivity index (χ2v) is 6.15. The molecule has 0 fully saturated rings. The monoisotopic (exact) mass is 225 g/mol. The van der Waals surface area contributed by atoms with Crippen LogP contribution < -0.4 is 5.50 Å². The van der Waals surface area contributed by atoms with Gasteiger partial charge in [-0.3, -0.25) is 9.59 Å². The van der Waals surface area contributed by atoms with Crippen LogP contribution >= 0.6 is 18.1 Å². The molecule has 0 aliphatic rings. The van der Waals surface area contributed by atoms with Crippen molar-refractivity contribution in [1.82, 2.24) is 0 Å². The lowest BCUT2D eigenvalue weighted by atomic mass is 10.5. The number of rotatable bonds is 4. The van der Waals surface area contributed by atoms with Crippen LogP contribution in [0.25, 0.3) is 0 Å². The molecule has 5 nitrogen and oxygen atoms in total. The highest BCUT2D eigenvalue weighted by Gasteiger charge is 2.25. The van der Waals surface area contributed by atoms with Crippen LogP contribution in [0.2, 0.25) is 0 Å². The standard InChI is InChI=1S/C6H12NO4PS/c1-3-5(8)11-12(7,10)13-6(9)4-2/h3-4H2,1-2H3,(H2,7,10). The third kappa shape index (κ3) is 5.85. The molecular formula is C6H12NO4PS. The van der Waals surface area contributed by atoms with Gasteiger partial charge in [0, 0.05) is 24.2 Å². The zero-order chi connectivity index (χ0) is 10.5. The van der Waals surface area contributed by atoms with E-state index < -0.39 is 12.7 Å². The summed E-state index contributed by atoms with van der Waals surface area (Å²) in [6.45, 7) is -0.462. The molecule has 0 bridgehead atoms. The third-order valence-corrected chi connectivity index (χ3v) is 3.84. The van der Waals surface area contributed by atoms with E-state index in [4.69, 9.17) is 5.50 Å². The van der Waals surface area contributed by atoms with E-state index >= 15 is 0 Å². The molecule has 0 aromatic carbocycles. The summed E-state index contributed by atoms with van der Waals surface area (Å²) in [5.74, 6) is -0.665. The van der Waals surface area contributed by atoms with E-state index in [0.717, 1.165) is 0 Å². The van der Waals surface area contributed by atoms with Gasteiger partial charge in [0.25, 0.3) is 0 Å². The molecule has 7 heteroatoms. The molecule has 1 unspecified atom stereocenters. The number of hydrogen-bond acceptors (Lipinski definition) is 5. The average Bonchev–Trinajstić information content (AvgIpc) is 2.02. The van der Waals surface area contributed by atoms with Crippen LogP contribution in [0.5, 0.6) is 0 Å². The minimum absolute atomic E-state index is 0.0854. The van der Waals surface area contributed by atoms with Gasteiger partial charge in [0.05, 0.1) is 0 Å². The van der Waals surface area contributed by atoms with E-state index in [9.17, 15) is 14.2 Å². The van der Waals surface area contributed by atoms with Gasteiger partial charge in [-0.2, -0.15) is 0 Å². The van der Waals surface area contributed by atoms with Gasteiger partial charge < -0.3 is 4.52 Å². The zero-order valence-electron chi connectivity index (χ0n) is 7.48. The van der Waals surface area contributed by atoms with Crippen LogP contribution in [0.3, 0.4) is 0 Å². The average molecular weight is 225 g/mol. The summed E-state index contributed by atoms with van der Waals surface area (Å²) in [4.78, 5) is 21.5. The van der Waals surface area contributed by atoms with Gasteiger partial charge in [-0.15, -0.1) is 0 Å². The summed E-state index contributed by atoms with van der Waals surface area (Å²) in [6, 6.07) is 0. The van der Waals surface area contributed by atoms with Crippen LogP contribution in [0.4, 0.5) is 0 Å². The Labute approximate surface area is 80.6 Å². The first-order valence-electron chi connectivity index (χ1n) is 3.74. The Morgan fingerprint density at radius 3 is 2.31 bits per heavy atom. The second kappa shape index (κ2) is 5.42. The summed E-state index contributed by atoms with van der Waals surface area (Å²) in [5, 5.41) is -0.352. The molecule has 0 saturated carbocycles. The van der Waals surface area contributed by atoms with Crippen LogP contribution in [-0.2, 0) is 18.7 Å². The molecule has 0 heterocycles. The molecule has 0 aromatic rings. The predicted octanol–water partition coefficient (Wildman–Crippen LogP) is 1.68. The maximum absolute atomic E-state index is 11.2. The molecule has 0 aliphatic heterocycles. The molecule has 1 atom stereocenters. The molecule has 0 saturated heterocycles. The minimum atomic E-state index is -3.62. The van der Waals surface area contributed by atoms with Crippen molar-refractivity contribution >= 4 is 29.2 Å². The molecule has 2 N–H and O–H groups in total. The van der Waals surface area contributed by atoms with Crippen molar-refractivity contribution in [3.8, 4) is 0 Å². The van der Waals surface area contributed by atoms with Crippen molar-refractivity contribution in [3.05, 3.63) is 0 Å². The summed E-state index contributed by atoms with van der Waals surface area (Å²) < 4.78 is 15.6. The summed E-state index contributed by atoms with van der Waals surface area (Å²) >= 11 is 0.397. The van der Waals surface area contributed by atoms with Crippen molar-refractivity contribution in [3.63, 3.8) is 0 Å². The highest BCUT2D eigenvalue weighted by molar-refractivity contribution is 8.63. The van der Waals surface area contributed by atoms with Crippen LogP contribution in [0, 0.1) is 0 Å². The summed E-state index contributed by atoms with van der Waals surface area (Å²) in [7, 11) is 0. The summed E-state index contributed by atoms with van der Waals surface area (Å²) in [6.07, 6.45) is 0.289. The normalized spacial score (nSPS) is 14.7. The van der Waals surface area contributed by atoms with Crippen LogP contribution in [0.15, 0.2) is 0 Å². The Kier molecular flexibility index (Phi) is 5.29. The van der Waals surface area contributed by atoms with Crippen molar-refractivity contribution in [1.29, 1.82) is 0 Å². The molecule has 76 valence electrons. The van der Waals surface area contributed by atoms with Crippen molar-refractivity contribution in [2.75, 3.05) is 0 Å². The highest BCUT2D eigenvalue weighted by atomic mass is 32.7. The van der Waals surface area contributed by atoms with E-state index in [1.165, 1.54) is 0 Å². The SMILES string of the molecule is CCC(=O)OP(N)(=O)SC(=O)CC. The molecule has 0 aliphatic carbocycles. The molecule has 0 radical (unpaired) electrons. The lowest BCUT2D eigenvalue weighted by molar-refractivity contribution is -0.133. The predicted molar refractivity (Wildman–Crippen MR) is 51.1 cm³/mol. The number of carbonyl (C=O) groups is 2. The summed E-state index contributed by atoms with van der Waals surface area (Å²) in [5.41, 5.74) is 5.12. The fraction of sp³-hybridized carbons (Fsp3) is 0.667. The van der Waals surface area contributed by atoms with E-state index in [-0.39, 0.29) is 18.0 Å². The van der Waals surface area contributed by atoms with Crippen molar-refractivity contribution in [2.45, 2.75) is 26.7 Å². The Balaban J connectivity index is 4.16. The third-order valence-electron chi connectivity index (χ3n) is 1.04. The van der Waals surface area contributed by atoms with E-state index in [1.54, 1.807) is 13.8 Å². The lowest BCUT2D eigenvalue weighted by Crippen LogP contribution is -2.05. The number of hydrogen-bond donors (Lipinski definition) is 1. The molecular weight excluding hydrogens is 213 g/mol. The smallest absolute Gasteiger partial charge is 0.381 e. The molecule has 0 amide bonds. The Morgan fingerprint density at radius 2 is 1.92 bits per heavy atom. The van der Waals surface area contributed by atoms with Crippen molar-refractivity contribution < 1.29 is 18.7 Å². The fourth-order valence-electron chi connectivity index (χ4n) is 0.432. The number of nitrogens with two attached hydrogens (primary N) is 1. The largest absolute Gasteiger partial charge is 0.393 e. The van der Waals surface area contributed by atoms with Crippen LogP contribution in [0.1, 0.15) is 26.7 Å². The lowest BCUT2D eigenvalue weighted by Gasteiger charge is -2.09. The quantitative estimate of drug-likeness (QED) is 0.732. The van der Waals surface area contributed by atoms with E-state index in [1.807, 2.05) is 0 Å². The van der Waals surface area contributed by atoms with Crippen molar-refractivity contribution in [2.24, 2.45) is 5.50 Å². The molecule has 0 aromatic heterocycles. The van der Waals surface area contributed by atoms with E-state index in [0.29, 0.717) is 11.4 Å². The number of carbonyl (C=O) groups excluding carboxylic acids is 2. The maximum Gasteiger partial charge on any atom is 0.381 e. The Morgan fingerprint density at radius 1 is 1.38 bits per heavy atom. The topological polar surface area (TPSA) is 86.5 Å². The minimum Gasteiger partial charge on any atom is -0.393 e. The molecule has 13 heavy (non-hydrogen) atoms. The van der Waals surface area contributed by atoms with E-state index in [2.05, 4.69) is 4.52 Å². The first-order chi connectivity index (χ1) is 5.91. The fourth-order valence-corrected chi connectivity index (χ4v) is 2.89. The Bertz CT molecular complexity index is 233. The highest BCUT2D eigenvalue weighted by Crippen LogP contribution is 2.53. The first kappa shape index (κ1) is 12.7. The Hall–Kier alpha value is -0.320. The van der Waals surface area contributed by atoms with Gasteiger partial charge in [0.2, 0.25) is 0 Å². The van der Waals surface area contributed by atoms with Gasteiger partial charge in [0.1, 0.15) is 0 Å². The second-order valence-electron chi connectivity index (χ2n) is 2.17. The molecule has 0 spiro atoms. The molecule has 0 rings (SSSR count). The maximum atomic E-state index is 11.2.